The summed E-state index contributed by atoms with van der Waals surface area (Å²) in [7, 11) is 0. The van der Waals surface area contributed by atoms with Crippen LogP contribution in [-0.4, -0.2) is 44.7 Å². The Morgan fingerprint density at radius 3 is 2.52 bits per heavy atom. The van der Waals surface area contributed by atoms with Crippen LogP contribution in [0.15, 0.2) is 30.3 Å². The van der Waals surface area contributed by atoms with Crippen molar-refractivity contribution in [3.63, 3.8) is 0 Å². The van der Waals surface area contributed by atoms with Crippen LogP contribution in [0.1, 0.15) is 44.9 Å². The first-order valence-corrected chi connectivity index (χ1v) is 9.49. The third-order valence-electron chi connectivity index (χ3n) is 4.59. The molecule has 144 valence electrons. The molecule has 8 heteroatoms. The van der Waals surface area contributed by atoms with Crippen LogP contribution in [0.5, 0.6) is 0 Å². The van der Waals surface area contributed by atoms with Gasteiger partial charge in [0.1, 0.15) is 0 Å². The number of amides is 1. The van der Waals surface area contributed by atoms with Gasteiger partial charge in [0.2, 0.25) is 5.82 Å². The molecule has 1 aliphatic rings. The first-order valence-electron chi connectivity index (χ1n) is 9.49. The van der Waals surface area contributed by atoms with Gasteiger partial charge in [0.05, 0.1) is 0 Å². The number of carbonyl (C=O) groups is 2. The fraction of sp³-hybridized carbons (Fsp3) is 0.526. The zero-order chi connectivity index (χ0) is 18.9. The molecule has 1 aromatic carbocycles. The predicted octanol–water partition coefficient (Wildman–Crippen LogP) is 2.11. The number of tetrazole rings is 1. The number of nitrogens with one attached hydrogen (secondary N) is 1. The van der Waals surface area contributed by atoms with Gasteiger partial charge in [0.25, 0.3) is 5.91 Å². The van der Waals surface area contributed by atoms with Crippen LogP contribution in [0.25, 0.3) is 11.4 Å². The van der Waals surface area contributed by atoms with Gasteiger partial charge in [0, 0.05) is 11.6 Å². The van der Waals surface area contributed by atoms with E-state index in [9.17, 15) is 9.59 Å². The van der Waals surface area contributed by atoms with Crippen molar-refractivity contribution < 1.29 is 14.3 Å². The number of aromatic nitrogens is 4. The molecule has 1 aromatic heterocycles. The zero-order valence-corrected chi connectivity index (χ0v) is 15.3. The van der Waals surface area contributed by atoms with Crippen LogP contribution >= 0.6 is 0 Å². The molecule has 0 saturated heterocycles. The van der Waals surface area contributed by atoms with E-state index in [1.54, 1.807) is 0 Å². The number of hydrogen-bond donors (Lipinski definition) is 1. The second-order valence-corrected chi connectivity index (χ2v) is 6.78. The molecule has 1 N–H and O–H groups in total. The van der Waals surface area contributed by atoms with Gasteiger partial charge in [-0.1, -0.05) is 62.4 Å². The minimum Gasteiger partial charge on any atom is -0.454 e. The van der Waals surface area contributed by atoms with Crippen molar-refractivity contribution in [3.05, 3.63) is 30.3 Å². The Bertz CT molecular complexity index is 739. The lowest BCUT2D eigenvalue weighted by Gasteiger charge is -2.20. The highest BCUT2D eigenvalue weighted by molar-refractivity contribution is 5.80. The number of ether oxygens (including phenoxy) is 1. The Balaban J connectivity index is 1.41. The molecule has 1 heterocycles. The quantitative estimate of drug-likeness (QED) is 0.781. The summed E-state index contributed by atoms with van der Waals surface area (Å²) < 4.78 is 5.04. The molecule has 0 atom stereocenters. The second kappa shape index (κ2) is 9.80. The van der Waals surface area contributed by atoms with Gasteiger partial charge in [-0.25, -0.2) is 4.79 Å². The largest absolute Gasteiger partial charge is 0.454 e. The molecule has 2 aromatic rings. The third-order valence-corrected chi connectivity index (χ3v) is 4.59. The fourth-order valence-electron chi connectivity index (χ4n) is 3.19. The summed E-state index contributed by atoms with van der Waals surface area (Å²) in [4.78, 5) is 25.1. The van der Waals surface area contributed by atoms with Crippen molar-refractivity contribution in [1.29, 1.82) is 0 Å². The van der Waals surface area contributed by atoms with E-state index in [1.807, 2.05) is 30.3 Å². The molecule has 3 rings (SSSR count). The van der Waals surface area contributed by atoms with Crippen molar-refractivity contribution in [2.24, 2.45) is 0 Å². The summed E-state index contributed by atoms with van der Waals surface area (Å²) in [5.41, 5.74) is 0.815. The van der Waals surface area contributed by atoms with E-state index < -0.39 is 5.97 Å². The predicted molar refractivity (Wildman–Crippen MR) is 98.5 cm³/mol. The average molecular weight is 371 g/mol. The molecule has 0 bridgehead atoms. The lowest BCUT2D eigenvalue weighted by atomic mass is 9.97. The molecule has 0 radical (unpaired) electrons. The van der Waals surface area contributed by atoms with Gasteiger partial charge in [0.15, 0.2) is 13.2 Å². The van der Waals surface area contributed by atoms with Gasteiger partial charge in [-0.15, -0.1) is 10.2 Å². The van der Waals surface area contributed by atoms with Gasteiger partial charge in [-0.05, 0) is 18.1 Å². The molecule has 1 amide bonds. The highest BCUT2D eigenvalue weighted by Gasteiger charge is 2.16. The maximum atomic E-state index is 12.0. The summed E-state index contributed by atoms with van der Waals surface area (Å²) in [5, 5.41) is 14.9. The molecule has 0 spiro atoms. The molecule has 0 aliphatic heterocycles. The van der Waals surface area contributed by atoms with Crippen LogP contribution in [0.3, 0.4) is 0 Å². The van der Waals surface area contributed by atoms with Crippen molar-refractivity contribution in [1.82, 2.24) is 25.5 Å². The molecule has 1 fully saturated rings. The highest BCUT2D eigenvalue weighted by Crippen LogP contribution is 2.17. The van der Waals surface area contributed by atoms with Crippen molar-refractivity contribution >= 4 is 11.9 Å². The Morgan fingerprint density at radius 2 is 1.78 bits per heavy atom. The normalized spacial score (nSPS) is 15.6. The Labute approximate surface area is 158 Å². The Kier molecular flexibility index (Phi) is 6.90. The zero-order valence-electron chi connectivity index (χ0n) is 15.3. The molecular weight excluding hydrogens is 346 g/mol. The number of carbonyl (C=O) groups excluding carboxylic acids is 2. The Morgan fingerprint density at radius 1 is 1.07 bits per heavy atom. The molecular formula is C19H25N5O3. The highest BCUT2D eigenvalue weighted by atomic mass is 16.5. The number of esters is 1. The minimum absolute atomic E-state index is 0.182. The summed E-state index contributed by atoms with van der Waals surface area (Å²) >= 11 is 0. The molecule has 1 saturated carbocycles. The minimum atomic E-state index is -0.570. The fourth-order valence-corrected chi connectivity index (χ4v) is 3.19. The standard InChI is InChI=1S/C19H25N5O3/c25-17(20-16-11-7-2-1-3-8-12-16)14-27-18(26)13-24-22-19(21-23-24)15-9-5-4-6-10-15/h4-6,9-10,16H,1-3,7-8,11-14H2,(H,20,25). The number of hydrogen-bond acceptors (Lipinski definition) is 6. The summed E-state index contributed by atoms with van der Waals surface area (Å²) in [6.45, 7) is -0.466. The molecule has 8 nitrogen and oxygen atoms in total. The van der Waals surface area contributed by atoms with E-state index in [0.717, 1.165) is 36.0 Å². The van der Waals surface area contributed by atoms with Crippen molar-refractivity contribution in [2.75, 3.05) is 6.61 Å². The van der Waals surface area contributed by atoms with E-state index in [2.05, 4.69) is 20.7 Å². The maximum absolute atomic E-state index is 12.0. The van der Waals surface area contributed by atoms with Gasteiger partial charge >= 0.3 is 5.97 Å². The van der Waals surface area contributed by atoms with E-state index in [0.29, 0.717) is 5.82 Å². The second-order valence-electron chi connectivity index (χ2n) is 6.78. The van der Waals surface area contributed by atoms with Crippen LogP contribution < -0.4 is 5.32 Å². The van der Waals surface area contributed by atoms with E-state index in [1.165, 1.54) is 19.3 Å². The maximum Gasteiger partial charge on any atom is 0.330 e. The van der Waals surface area contributed by atoms with Gasteiger partial charge in [-0.2, -0.15) is 4.80 Å². The van der Waals surface area contributed by atoms with Crippen molar-refractivity contribution in [2.45, 2.75) is 57.5 Å². The van der Waals surface area contributed by atoms with E-state index in [-0.39, 0.29) is 25.1 Å². The summed E-state index contributed by atoms with van der Waals surface area (Å²) in [6.07, 6.45) is 7.96. The van der Waals surface area contributed by atoms with Crippen LogP contribution in [0.2, 0.25) is 0 Å². The van der Waals surface area contributed by atoms with Crippen LogP contribution in [0, 0.1) is 0 Å². The van der Waals surface area contributed by atoms with Crippen molar-refractivity contribution in [3.8, 4) is 11.4 Å². The summed E-state index contributed by atoms with van der Waals surface area (Å²) in [6, 6.07) is 9.55. The number of benzene rings is 1. The number of nitrogens with zero attached hydrogens (tertiary/aromatic N) is 4. The smallest absolute Gasteiger partial charge is 0.330 e. The lowest BCUT2D eigenvalue weighted by Crippen LogP contribution is -2.38. The SMILES string of the molecule is O=C(COC(=O)Cn1nnc(-c2ccccc2)n1)NC1CCCCCCC1. The van der Waals surface area contributed by atoms with Crippen LogP contribution in [0.4, 0.5) is 0 Å². The lowest BCUT2D eigenvalue weighted by molar-refractivity contribution is -0.149. The molecule has 1 aliphatic carbocycles. The summed E-state index contributed by atoms with van der Waals surface area (Å²) in [5.74, 6) is -0.393. The van der Waals surface area contributed by atoms with E-state index in [4.69, 9.17) is 4.74 Å². The first kappa shape index (κ1) is 19.0. The topological polar surface area (TPSA) is 99.0 Å². The van der Waals surface area contributed by atoms with E-state index >= 15 is 0 Å². The van der Waals surface area contributed by atoms with Gasteiger partial charge < -0.3 is 10.1 Å². The Hall–Kier alpha value is -2.77. The van der Waals surface area contributed by atoms with Gasteiger partial charge in [-0.3, -0.25) is 4.79 Å². The van der Waals surface area contributed by atoms with Crippen LogP contribution in [-0.2, 0) is 20.9 Å². The monoisotopic (exact) mass is 371 g/mol. The average Bonchev–Trinajstić information content (AvgIpc) is 3.11. The number of rotatable bonds is 6. The molecule has 0 unspecified atom stereocenters. The third kappa shape index (κ3) is 6.16. The first-order chi connectivity index (χ1) is 13.2. The molecule has 27 heavy (non-hydrogen) atoms.